The highest BCUT2D eigenvalue weighted by Crippen LogP contribution is 2.43. The second kappa shape index (κ2) is 11.5. The number of rotatable bonds is 9. The molecule has 0 radical (unpaired) electrons. The summed E-state index contributed by atoms with van der Waals surface area (Å²) in [5.74, 6) is 1.08. The number of aromatic hydroxyl groups is 1. The first-order valence-electron chi connectivity index (χ1n) is 13.4. The maximum absolute atomic E-state index is 11.3. The van der Waals surface area contributed by atoms with Crippen LogP contribution in [0.25, 0.3) is 10.9 Å². The zero-order valence-corrected chi connectivity index (χ0v) is 24.4. The van der Waals surface area contributed by atoms with Crippen LogP contribution in [0, 0.1) is 4.77 Å². The van der Waals surface area contributed by atoms with E-state index in [2.05, 4.69) is 54.6 Å². The molecule has 0 saturated carbocycles. The summed E-state index contributed by atoms with van der Waals surface area (Å²) in [4.78, 5) is 6.04. The Morgan fingerprint density at radius 2 is 1.90 bits per heavy atom. The van der Waals surface area contributed by atoms with Crippen molar-refractivity contribution in [1.82, 2.24) is 19.0 Å². The zero-order chi connectivity index (χ0) is 26.9. The molecule has 206 valence electrons. The second-order valence-corrected chi connectivity index (χ2v) is 11.4. The van der Waals surface area contributed by atoms with Crippen molar-refractivity contribution < 1.29 is 19.3 Å². The number of nitrogens with zero attached hydrogens (tertiary/aromatic N) is 3. The molecule has 6 rings (SSSR count). The van der Waals surface area contributed by atoms with Gasteiger partial charge in [-0.3, -0.25) is 9.47 Å². The van der Waals surface area contributed by atoms with Gasteiger partial charge < -0.3 is 28.9 Å². The third-order valence-electron chi connectivity index (χ3n) is 7.72. The number of halogens is 1. The lowest BCUT2D eigenvalue weighted by Gasteiger charge is -2.27. The first-order chi connectivity index (χ1) is 19.0. The van der Waals surface area contributed by atoms with Crippen LogP contribution in [0.15, 0.2) is 46.9 Å². The summed E-state index contributed by atoms with van der Waals surface area (Å²) in [6, 6.07) is 14.4. The Hall–Kier alpha value is -2.63. The number of imidazole rings is 1. The van der Waals surface area contributed by atoms with Crippen LogP contribution in [0.3, 0.4) is 0 Å². The van der Waals surface area contributed by atoms with Gasteiger partial charge in [-0.1, -0.05) is 28.1 Å². The molecule has 10 heteroatoms. The Kier molecular flexibility index (Phi) is 7.82. The molecule has 2 aromatic carbocycles. The summed E-state index contributed by atoms with van der Waals surface area (Å²) in [5.41, 5.74) is 5.26. The van der Waals surface area contributed by atoms with E-state index in [0.717, 1.165) is 77.3 Å². The fraction of sp³-hybridized carbons (Fsp3) is 0.414. The fourth-order valence-corrected chi connectivity index (χ4v) is 6.49. The number of fused-ring (bicyclic) bond motifs is 4. The van der Waals surface area contributed by atoms with Gasteiger partial charge in [0.05, 0.1) is 18.9 Å². The SMILES string of the molecule is COCCCn1c(O)c2n(c1=S)C(c1ccc(OCCN3CCOCC3)cc1)c1[nH]c3ccc(Br)cc3c1C2. The highest BCUT2D eigenvalue weighted by molar-refractivity contribution is 9.10. The number of methoxy groups -OCH3 is 1. The van der Waals surface area contributed by atoms with Gasteiger partial charge in [0.1, 0.15) is 18.4 Å². The van der Waals surface area contributed by atoms with Gasteiger partial charge in [-0.2, -0.15) is 0 Å². The van der Waals surface area contributed by atoms with Gasteiger partial charge in [0.15, 0.2) is 4.77 Å². The normalized spacial score (nSPS) is 17.3. The first-order valence-corrected chi connectivity index (χ1v) is 14.6. The summed E-state index contributed by atoms with van der Waals surface area (Å²) < 4.78 is 22.3. The number of aromatic nitrogens is 3. The third kappa shape index (κ3) is 5.16. The van der Waals surface area contributed by atoms with Crippen LogP contribution < -0.4 is 4.74 Å². The van der Waals surface area contributed by atoms with Gasteiger partial charge in [0, 0.05) is 67.4 Å². The van der Waals surface area contributed by atoms with E-state index >= 15 is 0 Å². The van der Waals surface area contributed by atoms with E-state index < -0.39 is 0 Å². The monoisotopic (exact) mass is 612 g/mol. The molecule has 1 atom stereocenters. The Labute approximate surface area is 241 Å². The van der Waals surface area contributed by atoms with Crippen molar-refractivity contribution >= 4 is 39.1 Å². The molecule has 1 unspecified atom stereocenters. The second-order valence-electron chi connectivity index (χ2n) is 10.1. The first kappa shape index (κ1) is 26.6. The van der Waals surface area contributed by atoms with Gasteiger partial charge >= 0.3 is 0 Å². The Morgan fingerprint density at radius 1 is 1.10 bits per heavy atom. The van der Waals surface area contributed by atoms with Crippen LogP contribution >= 0.6 is 28.1 Å². The van der Waals surface area contributed by atoms with E-state index in [1.807, 2.05) is 22.8 Å². The fourth-order valence-electron chi connectivity index (χ4n) is 5.74. The molecular formula is C29H33BrN4O4S. The number of hydrogen-bond acceptors (Lipinski definition) is 6. The standard InChI is InChI=1S/C29H33BrN4O4S/c1-36-13-2-9-33-28(35)25-18-23-22-17-20(30)5-8-24(22)31-26(23)27(34(25)29(33)39)19-3-6-21(7-4-19)38-16-12-32-10-14-37-15-11-32/h3-8,17,27,31,35H,2,9-16,18H2,1H3. The number of morpholine rings is 1. The Balaban J connectivity index is 1.34. The summed E-state index contributed by atoms with van der Waals surface area (Å²) in [7, 11) is 1.69. The van der Waals surface area contributed by atoms with Gasteiger partial charge in [-0.05, 0) is 60.1 Å². The van der Waals surface area contributed by atoms with Gasteiger partial charge in [-0.25, -0.2) is 0 Å². The molecule has 0 aliphatic carbocycles. The molecule has 8 nitrogen and oxygen atoms in total. The number of hydrogen-bond donors (Lipinski definition) is 2. The van der Waals surface area contributed by atoms with Crippen molar-refractivity contribution in [3.63, 3.8) is 0 Å². The summed E-state index contributed by atoms with van der Waals surface area (Å²) in [5, 5.41) is 12.5. The largest absolute Gasteiger partial charge is 0.493 e. The van der Waals surface area contributed by atoms with Crippen LogP contribution in [0.4, 0.5) is 0 Å². The Bertz CT molecular complexity index is 1520. The molecule has 2 aromatic heterocycles. The van der Waals surface area contributed by atoms with E-state index in [0.29, 0.717) is 31.0 Å². The van der Waals surface area contributed by atoms with E-state index in [1.165, 1.54) is 5.56 Å². The molecule has 2 N–H and O–H groups in total. The smallest absolute Gasteiger partial charge is 0.213 e. The highest BCUT2D eigenvalue weighted by atomic mass is 79.9. The van der Waals surface area contributed by atoms with E-state index in [4.69, 9.17) is 26.4 Å². The quantitative estimate of drug-likeness (QED) is 0.175. The van der Waals surface area contributed by atoms with Crippen molar-refractivity contribution in [2.45, 2.75) is 25.4 Å². The third-order valence-corrected chi connectivity index (χ3v) is 8.63. The minimum Gasteiger partial charge on any atom is -0.493 e. The van der Waals surface area contributed by atoms with Crippen LogP contribution in [-0.2, 0) is 22.4 Å². The van der Waals surface area contributed by atoms with Crippen LogP contribution in [0.1, 0.15) is 35.0 Å². The lowest BCUT2D eigenvalue weighted by Crippen LogP contribution is -2.38. The predicted molar refractivity (Wildman–Crippen MR) is 157 cm³/mol. The summed E-state index contributed by atoms with van der Waals surface area (Å²) in [6.07, 6.45) is 1.36. The molecule has 2 aliphatic rings. The number of ether oxygens (including phenoxy) is 3. The predicted octanol–water partition coefficient (Wildman–Crippen LogP) is 5.26. The average Bonchev–Trinajstić information content (AvgIpc) is 3.43. The lowest BCUT2D eigenvalue weighted by atomic mass is 9.93. The minimum absolute atomic E-state index is 0.195. The van der Waals surface area contributed by atoms with Crippen LogP contribution in [-0.4, -0.2) is 77.3 Å². The van der Waals surface area contributed by atoms with Crippen molar-refractivity contribution in [3.05, 3.63) is 74.2 Å². The Morgan fingerprint density at radius 3 is 2.67 bits per heavy atom. The number of H-pyrrole nitrogens is 1. The minimum atomic E-state index is -0.195. The number of aromatic amines is 1. The number of nitrogens with one attached hydrogen (secondary N) is 1. The number of benzene rings is 2. The molecule has 0 spiro atoms. The van der Waals surface area contributed by atoms with E-state index in [1.54, 1.807) is 7.11 Å². The van der Waals surface area contributed by atoms with E-state index in [-0.39, 0.29) is 11.9 Å². The lowest BCUT2D eigenvalue weighted by molar-refractivity contribution is 0.0322. The molecule has 2 aliphatic heterocycles. The topological polar surface area (TPSA) is 76.8 Å². The van der Waals surface area contributed by atoms with Gasteiger partial charge in [0.2, 0.25) is 5.88 Å². The zero-order valence-electron chi connectivity index (χ0n) is 22.0. The molecule has 4 aromatic rings. The van der Waals surface area contributed by atoms with Crippen LogP contribution in [0.5, 0.6) is 11.6 Å². The average molecular weight is 614 g/mol. The molecular weight excluding hydrogens is 580 g/mol. The van der Waals surface area contributed by atoms with Crippen molar-refractivity contribution in [3.8, 4) is 11.6 Å². The molecule has 0 amide bonds. The van der Waals surface area contributed by atoms with Gasteiger partial charge in [0.25, 0.3) is 0 Å². The van der Waals surface area contributed by atoms with Crippen molar-refractivity contribution in [1.29, 1.82) is 0 Å². The summed E-state index contributed by atoms with van der Waals surface area (Å²) in [6.45, 7) is 6.21. The summed E-state index contributed by atoms with van der Waals surface area (Å²) >= 11 is 9.60. The maximum atomic E-state index is 11.3. The molecule has 1 fully saturated rings. The van der Waals surface area contributed by atoms with E-state index in [9.17, 15) is 5.11 Å². The maximum Gasteiger partial charge on any atom is 0.213 e. The van der Waals surface area contributed by atoms with Crippen LogP contribution in [0.2, 0.25) is 0 Å². The molecule has 39 heavy (non-hydrogen) atoms. The molecule has 1 saturated heterocycles. The van der Waals surface area contributed by atoms with Crippen molar-refractivity contribution in [2.24, 2.45) is 0 Å². The van der Waals surface area contributed by atoms with Crippen molar-refractivity contribution in [2.75, 3.05) is 53.2 Å². The highest BCUT2D eigenvalue weighted by Gasteiger charge is 2.34. The molecule has 4 heterocycles. The molecule has 0 bridgehead atoms. The van der Waals surface area contributed by atoms with Gasteiger partial charge in [-0.15, -0.1) is 0 Å².